The van der Waals surface area contributed by atoms with Gasteiger partial charge in [0.15, 0.2) is 0 Å². The summed E-state index contributed by atoms with van der Waals surface area (Å²) in [7, 11) is 0. The molecule has 0 atom stereocenters. The van der Waals surface area contributed by atoms with E-state index in [1.807, 2.05) is 0 Å². The Bertz CT molecular complexity index is 382. The minimum absolute atomic E-state index is 0.0361. The maximum Gasteiger partial charge on any atom is 0.305 e. The Hall–Kier alpha value is -1.10. The Labute approximate surface area is 95.4 Å². The standard InChI is InChI=1S/C10H11BrFNO2/c1-6-4-8(12)7(11)5-9(6)13-3-2-10(14)15/h4-5,13H,2-3H2,1H3,(H,14,15). The first-order chi connectivity index (χ1) is 7.00. The molecule has 0 fully saturated rings. The lowest BCUT2D eigenvalue weighted by Gasteiger charge is -2.09. The molecule has 0 aliphatic heterocycles. The van der Waals surface area contributed by atoms with Gasteiger partial charge in [0.1, 0.15) is 5.82 Å². The van der Waals surface area contributed by atoms with E-state index in [9.17, 15) is 9.18 Å². The number of aryl methyl sites for hydroxylation is 1. The van der Waals surface area contributed by atoms with Crippen LogP contribution in [0.1, 0.15) is 12.0 Å². The predicted octanol–water partition coefficient (Wildman–Crippen LogP) is 2.78. The van der Waals surface area contributed by atoms with Crippen LogP contribution in [0.3, 0.4) is 0 Å². The smallest absolute Gasteiger partial charge is 0.305 e. The molecule has 5 heteroatoms. The molecule has 0 saturated heterocycles. The van der Waals surface area contributed by atoms with Crippen LogP contribution in [0.4, 0.5) is 10.1 Å². The zero-order chi connectivity index (χ0) is 11.4. The molecule has 0 saturated carbocycles. The van der Waals surface area contributed by atoms with Gasteiger partial charge in [0.25, 0.3) is 0 Å². The molecule has 0 unspecified atom stereocenters. The van der Waals surface area contributed by atoms with Crippen LogP contribution in [-0.4, -0.2) is 17.6 Å². The Morgan fingerprint density at radius 3 is 2.87 bits per heavy atom. The van der Waals surface area contributed by atoms with Crippen LogP contribution < -0.4 is 5.32 Å². The monoisotopic (exact) mass is 275 g/mol. The highest BCUT2D eigenvalue weighted by atomic mass is 79.9. The molecular formula is C10H11BrFNO2. The number of benzene rings is 1. The van der Waals surface area contributed by atoms with Gasteiger partial charge in [0.05, 0.1) is 10.9 Å². The van der Waals surface area contributed by atoms with E-state index in [0.29, 0.717) is 11.0 Å². The Morgan fingerprint density at radius 2 is 2.27 bits per heavy atom. The summed E-state index contributed by atoms with van der Waals surface area (Å²) in [4.78, 5) is 10.3. The molecule has 0 heterocycles. The first-order valence-electron chi connectivity index (χ1n) is 4.42. The van der Waals surface area contributed by atoms with Crippen molar-refractivity contribution in [1.29, 1.82) is 0 Å². The average Bonchev–Trinajstić information content (AvgIpc) is 2.13. The van der Waals surface area contributed by atoms with Crippen molar-refractivity contribution in [2.45, 2.75) is 13.3 Å². The van der Waals surface area contributed by atoms with Gasteiger partial charge >= 0.3 is 5.97 Å². The van der Waals surface area contributed by atoms with Crippen molar-refractivity contribution in [3.63, 3.8) is 0 Å². The lowest BCUT2D eigenvalue weighted by Crippen LogP contribution is -2.08. The van der Waals surface area contributed by atoms with E-state index in [1.165, 1.54) is 6.07 Å². The van der Waals surface area contributed by atoms with Crippen molar-refractivity contribution in [3.05, 3.63) is 28.0 Å². The number of halogens is 2. The summed E-state index contributed by atoms with van der Waals surface area (Å²) in [6.07, 6.45) is 0.0361. The van der Waals surface area contributed by atoms with Crippen molar-refractivity contribution in [2.24, 2.45) is 0 Å². The van der Waals surface area contributed by atoms with E-state index in [4.69, 9.17) is 5.11 Å². The minimum Gasteiger partial charge on any atom is -0.481 e. The molecule has 0 amide bonds. The van der Waals surface area contributed by atoms with E-state index in [-0.39, 0.29) is 12.2 Å². The third kappa shape index (κ3) is 3.51. The Balaban J connectivity index is 2.69. The van der Waals surface area contributed by atoms with Crippen LogP contribution in [0.15, 0.2) is 16.6 Å². The van der Waals surface area contributed by atoms with Crippen LogP contribution in [-0.2, 0) is 4.79 Å². The zero-order valence-electron chi connectivity index (χ0n) is 8.18. The number of carboxylic acids is 1. The quantitative estimate of drug-likeness (QED) is 0.889. The second-order valence-corrected chi connectivity index (χ2v) is 4.01. The molecular weight excluding hydrogens is 265 g/mol. The van der Waals surface area contributed by atoms with Gasteiger partial charge in [-0.15, -0.1) is 0 Å². The molecule has 1 aromatic rings. The van der Waals surface area contributed by atoms with Gasteiger partial charge in [-0.2, -0.15) is 0 Å². The SMILES string of the molecule is Cc1cc(F)c(Br)cc1NCCC(=O)O. The van der Waals surface area contributed by atoms with Crippen LogP contribution in [0, 0.1) is 12.7 Å². The van der Waals surface area contributed by atoms with Gasteiger partial charge in [0, 0.05) is 12.2 Å². The molecule has 0 spiro atoms. The van der Waals surface area contributed by atoms with E-state index >= 15 is 0 Å². The van der Waals surface area contributed by atoms with Gasteiger partial charge in [-0.3, -0.25) is 4.79 Å². The number of carbonyl (C=O) groups is 1. The third-order valence-electron chi connectivity index (χ3n) is 1.92. The topological polar surface area (TPSA) is 49.3 Å². The summed E-state index contributed by atoms with van der Waals surface area (Å²) in [5, 5.41) is 11.4. The summed E-state index contributed by atoms with van der Waals surface area (Å²) in [6, 6.07) is 3.00. The third-order valence-corrected chi connectivity index (χ3v) is 2.53. The molecule has 0 aliphatic carbocycles. The second-order valence-electron chi connectivity index (χ2n) is 3.15. The molecule has 0 aromatic heterocycles. The summed E-state index contributed by atoms with van der Waals surface area (Å²) in [6.45, 7) is 2.09. The largest absolute Gasteiger partial charge is 0.481 e. The number of nitrogens with one attached hydrogen (secondary N) is 1. The summed E-state index contributed by atoms with van der Waals surface area (Å²) >= 11 is 3.07. The molecule has 0 radical (unpaired) electrons. The van der Waals surface area contributed by atoms with Gasteiger partial charge < -0.3 is 10.4 Å². The van der Waals surface area contributed by atoms with Crippen molar-refractivity contribution < 1.29 is 14.3 Å². The van der Waals surface area contributed by atoms with Crippen molar-refractivity contribution >= 4 is 27.6 Å². The molecule has 15 heavy (non-hydrogen) atoms. The van der Waals surface area contributed by atoms with Crippen molar-refractivity contribution in [2.75, 3.05) is 11.9 Å². The first kappa shape index (κ1) is 12.0. The highest BCUT2D eigenvalue weighted by Crippen LogP contribution is 2.24. The number of carboxylic acid groups (broad SMARTS) is 1. The van der Waals surface area contributed by atoms with Crippen LogP contribution in [0.2, 0.25) is 0 Å². The Morgan fingerprint density at radius 1 is 1.60 bits per heavy atom. The van der Waals surface area contributed by atoms with Crippen molar-refractivity contribution in [1.82, 2.24) is 0 Å². The normalized spacial score (nSPS) is 10.1. The maximum absolute atomic E-state index is 13.0. The maximum atomic E-state index is 13.0. The highest BCUT2D eigenvalue weighted by Gasteiger charge is 2.05. The van der Waals surface area contributed by atoms with E-state index in [2.05, 4.69) is 21.2 Å². The fourth-order valence-corrected chi connectivity index (χ4v) is 1.48. The summed E-state index contributed by atoms with van der Waals surface area (Å²) in [5.41, 5.74) is 1.49. The average molecular weight is 276 g/mol. The molecule has 1 rings (SSSR count). The number of rotatable bonds is 4. The highest BCUT2D eigenvalue weighted by molar-refractivity contribution is 9.10. The number of hydrogen-bond acceptors (Lipinski definition) is 2. The molecule has 0 aliphatic rings. The summed E-state index contributed by atoms with van der Waals surface area (Å²) in [5.74, 6) is -1.18. The van der Waals surface area contributed by atoms with Gasteiger partial charge in [-0.1, -0.05) is 0 Å². The number of hydrogen-bond donors (Lipinski definition) is 2. The molecule has 2 N–H and O–H groups in total. The molecule has 3 nitrogen and oxygen atoms in total. The van der Waals surface area contributed by atoms with E-state index in [0.717, 1.165) is 11.3 Å². The summed E-state index contributed by atoms with van der Waals surface area (Å²) < 4.78 is 13.4. The fourth-order valence-electron chi connectivity index (χ4n) is 1.14. The fraction of sp³-hybridized carbons (Fsp3) is 0.300. The van der Waals surface area contributed by atoms with Crippen molar-refractivity contribution in [3.8, 4) is 0 Å². The number of aliphatic carboxylic acids is 1. The molecule has 82 valence electrons. The zero-order valence-corrected chi connectivity index (χ0v) is 9.77. The molecule has 1 aromatic carbocycles. The van der Waals surface area contributed by atoms with Crippen LogP contribution in [0.25, 0.3) is 0 Å². The van der Waals surface area contributed by atoms with Crippen LogP contribution in [0.5, 0.6) is 0 Å². The van der Waals surface area contributed by atoms with E-state index in [1.54, 1.807) is 13.0 Å². The first-order valence-corrected chi connectivity index (χ1v) is 5.21. The van der Waals surface area contributed by atoms with Crippen LogP contribution >= 0.6 is 15.9 Å². The predicted molar refractivity (Wildman–Crippen MR) is 59.6 cm³/mol. The lowest BCUT2D eigenvalue weighted by molar-refractivity contribution is -0.136. The lowest BCUT2D eigenvalue weighted by atomic mass is 10.2. The second kappa shape index (κ2) is 5.11. The molecule has 0 bridgehead atoms. The van der Waals surface area contributed by atoms with Gasteiger partial charge in [-0.05, 0) is 40.5 Å². The minimum atomic E-state index is -0.860. The van der Waals surface area contributed by atoms with Gasteiger partial charge in [0.2, 0.25) is 0 Å². The number of anilines is 1. The Kier molecular flexibility index (Phi) is 4.08. The van der Waals surface area contributed by atoms with Gasteiger partial charge in [-0.25, -0.2) is 4.39 Å². The van der Waals surface area contributed by atoms with E-state index < -0.39 is 5.97 Å².